The van der Waals surface area contributed by atoms with Gasteiger partial charge in [0.25, 0.3) is 0 Å². The lowest BCUT2D eigenvalue weighted by Crippen LogP contribution is -2.07. The van der Waals surface area contributed by atoms with Crippen LogP contribution in [0.4, 0.5) is 13.2 Å². The van der Waals surface area contributed by atoms with Crippen LogP contribution in [-0.2, 0) is 6.18 Å². The maximum Gasteiger partial charge on any atom is 0.416 e. The van der Waals surface area contributed by atoms with Gasteiger partial charge in [0.05, 0.1) is 73.9 Å². The minimum Gasteiger partial charge on any atom is -0.307 e. The second-order valence-corrected chi connectivity index (χ2v) is 12.0. The van der Waals surface area contributed by atoms with E-state index in [0.29, 0.717) is 33.6 Å². The molecule has 8 rings (SSSR count). The third-order valence-electron chi connectivity index (χ3n) is 9.04. The summed E-state index contributed by atoms with van der Waals surface area (Å²) in [6.45, 7) is 1.60. The predicted octanol–water partition coefficient (Wildman–Crippen LogP) is 10.5. The van der Waals surface area contributed by atoms with E-state index >= 15 is 0 Å². The highest BCUT2D eigenvalue weighted by Gasteiger charge is 2.31. The van der Waals surface area contributed by atoms with Crippen molar-refractivity contribution >= 4 is 43.6 Å². The number of nitrogens with zero attached hydrogens (tertiary/aromatic N) is 5. The zero-order chi connectivity index (χ0) is 34.0. The molecule has 0 unspecified atom stereocenters. The first-order chi connectivity index (χ1) is 23.7. The molecule has 6 aromatic carbocycles. The largest absolute Gasteiger partial charge is 0.416 e. The van der Waals surface area contributed by atoms with Crippen molar-refractivity contribution in [3.8, 4) is 40.7 Å². The summed E-state index contributed by atoms with van der Waals surface area (Å²) in [4.78, 5) is 0. The molecule has 0 aliphatic carbocycles. The van der Waals surface area contributed by atoms with Crippen molar-refractivity contribution in [3.63, 3.8) is 0 Å². The van der Waals surface area contributed by atoms with Crippen LogP contribution in [-0.4, -0.2) is 9.13 Å². The molecule has 0 spiro atoms. The fourth-order valence-electron chi connectivity index (χ4n) is 6.97. The molecule has 2 aromatic heterocycles. The number of nitriles is 3. The molecular formula is C41H22F3N5. The number of hydrogen-bond acceptors (Lipinski definition) is 3. The van der Waals surface area contributed by atoms with E-state index in [1.807, 2.05) is 81.9 Å². The Morgan fingerprint density at radius 3 is 1.55 bits per heavy atom. The maximum absolute atomic E-state index is 14.0. The second-order valence-electron chi connectivity index (χ2n) is 12.0. The van der Waals surface area contributed by atoms with Gasteiger partial charge in [-0.1, -0.05) is 42.5 Å². The Bertz CT molecular complexity index is 2820. The minimum atomic E-state index is -4.58. The van der Waals surface area contributed by atoms with E-state index in [0.717, 1.165) is 55.7 Å². The van der Waals surface area contributed by atoms with Crippen molar-refractivity contribution in [3.05, 3.63) is 143 Å². The molecule has 0 atom stereocenters. The third kappa shape index (κ3) is 4.60. The second kappa shape index (κ2) is 10.9. The lowest BCUT2D eigenvalue weighted by Gasteiger charge is -2.20. The van der Waals surface area contributed by atoms with Gasteiger partial charge in [0.1, 0.15) is 0 Å². The number of benzene rings is 6. The van der Waals surface area contributed by atoms with E-state index in [1.165, 1.54) is 0 Å². The van der Waals surface area contributed by atoms with Crippen LogP contribution in [0.15, 0.2) is 115 Å². The Morgan fingerprint density at radius 1 is 0.531 bits per heavy atom. The number of para-hydroxylation sites is 2. The molecule has 0 bridgehead atoms. The number of hydrogen-bond donors (Lipinski definition) is 0. The summed E-state index contributed by atoms with van der Waals surface area (Å²) < 4.78 is 46.2. The Kier molecular flexibility index (Phi) is 6.56. The van der Waals surface area contributed by atoms with Crippen molar-refractivity contribution in [2.24, 2.45) is 0 Å². The SMILES string of the molecule is Cc1cc(-c2cc(-n3c4ccccc4c4cc(C#N)ccc43)c(-n3c4ccccc4c4cc(C#N)ccc43)cc2C#N)cc(C(F)(F)F)c1. The molecule has 49 heavy (non-hydrogen) atoms. The van der Waals surface area contributed by atoms with Crippen LogP contribution in [0, 0.1) is 40.9 Å². The third-order valence-corrected chi connectivity index (χ3v) is 9.04. The van der Waals surface area contributed by atoms with Crippen molar-refractivity contribution in [1.82, 2.24) is 9.13 Å². The molecule has 0 radical (unpaired) electrons. The van der Waals surface area contributed by atoms with Gasteiger partial charge in [-0.25, -0.2) is 0 Å². The van der Waals surface area contributed by atoms with Crippen molar-refractivity contribution < 1.29 is 13.2 Å². The van der Waals surface area contributed by atoms with Gasteiger partial charge < -0.3 is 9.13 Å². The van der Waals surface area contributed by atoms with Crippen LogP contribution >= 0.6 is 0 Å². The summed E-state index contributed by atoms with van der Waals surface area (Å²) in [6.07, 6.45) is -4.58. The molecule has 5 nitrogen and oxygen atoms in total. The van der Waals surface area contributed by atoms with E-state index < -0.39 is 11.7 Å². The summed E-state index contributed by atoms with van der Waals surface area (Å²) in [6, 6.07) is 40.5. The molecule has 8 heteroatoms. The molecule has 2 heterocycles. The van der Waals surface area contributed by atoms with Gasteiger partial charge in [-0.05, 0) is 90.8 Å². The highest BCUT2D eigenvalue weighted by atomic mass is 19.4. The molecule has 0 aliphatic rings. The van der Waals surface area contributed by atoms with Crippen LogP contribution < -0.4 is 0 Å². The highest BCUT2D eigenvalue weighted by molar-refractivity contribution is 6.12. The van der Waals surface area contributed by atoms with Crippen LogP contribution in [0.2, 0.25) is 0 Å². The van der Waals surface area contributed by atoms with E-state index in [1.54, 1.807) is 37.3 Å². The molecule has 0 saturated carbocycles. The fourth-order valence-corrected chi connectivity index (χ4v) is 6.97. The first-order valence-electron chi connectivity index (χ1n) is 15.3. The molecule has 232 valence electrons. The predicted molar refractivity (Wildman–Crippen MR) is 184 cm³/mol. The molecule has 0 saturated heterocycles. The smallest absolute Gasteiger partial charge is 0.307 e. The van der Waals surface area contributed by atoms with Gasteiger partial charge in [0.15, 0.2) is 0 Å². The van der Waals surface area contributed by atoms with E-state index in [2.05, 4.69) is 18.2 Å². The Hall–Kier alpha value is -6.82. The van der Waals surface area contributed by atoms with Crippen molar-refractivity contribution in [2.45, 2.75) is 13.1 Å². The van der Waals surface area contributed by atoms with Gasteiger partial charge in [-0.3, -0.25) is 0 Å². The van der Waals surface area contributed by atoms with E-state index in [4.69, 9.17) is 0 Å². The number of aryl methyl sites for hydroxylation is 1. The van der Waals surface area contributed by atoms with Gasteiger partial charge in [0, 0.05) is 27.1 Å². The fraction of sp³-hybridized carbons (Fsp3) is 0.0488. The van der Waals surface area contributed by atoms with Gasteiger partial charge in [0.2, 0.25) is 0 Å². The summed E-state index contributed by atoms with van der Waals surface area (Å²) in [5.41, 5.74) is 5.88. The van der Waals surface area contributed by atoms with Crippen molar-refractivity contribution in [1.29, 1.82) is 15.8 Å². The zero-order valence-electron chi connectivity index (χ0n) is 25.8. The number of fused-ring (bicyclic) bond motifs is 6. The lowest BCUT2D eigenvalue weighted by atomic mass is 9.95. The molecule has 0 amide bonds. The molecule has 0 fully saturated rings. The maximum atomic E-state index is 14.0. The molecular weight excluding hydrogens is 619 g/mol. The summed E-state index contributed by atoms with van der Waals surface area (Å²) in [5.74, 6) is 0. The van der Waals surface area contributed by atoms with Crippen LogP contribution in [0.5, 0.6) is 0 Å². The van der Waals surface area contributed by atoms with E-state index in [9.17, 15) is 29.0 Å². The van der Waals surface area contributed by atoms with E-state index in [-0.39, 0.29) is 11.1 Å². The Labute approximate surface area is 278 Å². The van der Waals surface area contributed by atoms with Crippen molar-refractivity contribution in [2.75, 3.05) is 0 Å². The lowest BCUT2D eigenvalue weighted by molar-refractivity contribution is -0.137. The van der Waals surface area contributed by atoms with Crippen LogP contribution in [0.25, 0.3) is 66.1 Å². The normalized spacial score (nSPS) is 11.6. The topological polar surface area (TPSA) is 81.2 Å². The summed E-state index contributed by atoms with van der Waals surface area (Å²) in [7, 11) is 0. The van der Waals surface area contributed by atoms with Gasteiger partial charge in [-0.15, -0.1) is 0 Å². The first kappa shape index (κ1) is 29.6. The molecule has 0 aliphatic heterocycles. The average Bonchev–Trinajstić information content (AvgIpc) is 3.62. The number of alkyl halides is 3. The number of aromatic nitrogens is 2. The first-order valence-corrected chi connectivity index (χ1v) is 15.3. The quantitative estimate of drug-likeness (QED) is 0.192. The summed E-state index contributed by atoms with van der Waals surface area (Å²) in [5, 5.41) is 33.5. The number of halogens is 3. The Morgan fingerprint density at radius 2 is 1.04 bits per heavy atom. The molecule has 0 N–H and O–H groups in total. The monoisotopic (exact) mass is 641 g/mol. The highest BCUT2D eigenvalue weighted by Crippen LogP contribution is 2.42. The standard InChI is InChI=1S/C41H22F3N5/c1-24-14-27(18-29(15-24)41(42,43)44)32-20-40(49-36-9-5-3-7-31(36)34-17-26(22-46)11-13-38(34)49)39(19-28(32)23-47)48-35-8-4-2-6-30(35)33-16-25(21-45)10-12-37(33)48/h2-20H,1H3. The summed E-state index contributed by atoms with van der Waals surface area (Å²) >= 11 is 0. The van der Waals surface area contributed by atoms with Gasteiger partial charge >= 0.3 is 6.18 Å². The molecule has 8 aromatic rings. The van der Waals surface area contributed by atoms with Crippen LogP contribution in [0.1, 0.15) is 27.8 Å². The average molecular weight is 642 g/mol. The van der Waals surface area contributed by atoms with Crippen LogP contribution in [0.3, 0.4) is 0 Å². The Balaban J connectivity index is 1.57. The zero-order valence-corrected chi connectivity index (χ0v) is 25.8. The minimum absolute atomic E-state index is 0.199. The van der Waals surface area contributed by atoms with Gasteiger partial charge in [-0.2, -0.15) is 29.0 Å². The number of rotatable bonds is 3.